The van der Waals surface area contributed by atoms with E-state index in [1.807, 2.05) is 11.0 Å². The monoisotopic (exact) mass is 381 g/mol. The molecule has 1 amide bonds. The number of nitrogens with zero attached hydrogens (tertiary/aromatic N) is 1. The quantitative estimate of drug-likeness (QED) is 0.729. The predicted molar refractivity (Wildman–Crippen MR) is 93.0 cm³/mol. The Bertz CT molecular complexity index is 668. The molecule has 1 aliphatic rings. The molecule has 21 heavy (non-hydrogen) atoms. The van der Waals surface area contributed by atoms with Gasteiger partial charge < -0.3 is 4.90 Å². The van der Waals surface area contributed by atoms with Crippen LogP contribution in [0.5, 0.6) is 0 Å². The molecule has 0 saturated carbocycles. The van der Waals surface area contributed by atoms with Crippen molar-refractivity contribution in [1.82, 2.24) is 4.90 Å². The van der Waals surface area contributed by atoms with Crippen LogP contribution < -0.4 is 0 Å². The molecule has 0 bridgehead atoms. The van der Waals surface area contributed by atoms with E-state index in [1.165, 1.54) is 20.9 Å². The fraction of sp³-hybridized carbons (Fsp3) is 0.312. The van der Waals surface area contributed by atoms with Gasteiger partial charge in [0.15, 0.2) is 0 Å². The average Bonchev–Trinajstić information content (AvgIpc) is 2.93. The van der Waals surface area contributed by atoms with Crippen LogP contribution in [0.2, 0.25) is 0 Å². The highest BCUT2D eigenvalue weighted by atomic mass is 79.9. The zero-order valence-electron chi connectivity index (χ0n) is 11.8. The highest BCUT2D eigenvalue weighted by molar-refractivity contribution is 9.10. The lowest BCUT2D eigenvalue weighted by Gasteiger charge is -2.27. The third-order valence-corrected chi connectivity index (χ3v) is 6.33. The van der Waals surface area contributed by atoms with Crippen molar-refractivity contribution in [2.45, 2.75) is 24.8 Å². The molecule has 5 heteroatoms. The fourth-order valence-corrected chi connectivity index (χ4v) is 4.74. The molecule has 1 aromatic carbocycles. The number of hydrogen-bond acceptors (Lipinski definition) is 3. The van der Waals surface area contributed by atoms with Gasteiger partial charge in [-0.15, -0.1) is 23.1 Å². The molecule has 2 aromatic rings. The Labute approximate surface area is 141 Å². The fourth-order valence-electron chi connectivity index (χ4n) is 2.47. The summed E-state index contributed by atoms with van der Waals surface area (Å²) < 4.78 is 1.08. The standard InChI is InChI=1S/C16H16BrNOS2/c1-11-8-13(17)2-3-14(11)21-10-16(19)18-6-4-15-12(9-18)5-7-20-15/h2-3,5,7-8H,4,6,9-10H2,1H3. The van der Waals surface area contributed by atoms with Crippen LogP contribution in [0.4, 0.5) is 0 Å². The molecule has 2 heterocycles. The number of carbonyl (C=O) groups excluding carboxylic acids is 1. The second kappa shape index (κ2) is 6.55. The van der Waals surface area contributed by atoms with Crippen LogP contribution >= 0.6 is 39.0 Å². The number of thiophene rings is 1. The molecule has 1 aliphatic heterocycles. The molecule has 0 spiro atoms. The number of amides is 1. The van der Waals surface area contributed by atoms with E-state index in [2.05, 4.69) is 46.4 Å². The molecule has 0 radical (unpaired) electrons. The van der Waals surface area contributed by atoms with Gasteiger partial charge in [-0.05, 0) is 54.1 Å². The van der Waals surface area contributed by atoms with Crippen molar-refractivity contribution in [3.8, 4) is 0 Å². The Morgan fingerprint density at radius 3 is 3.10 bits per heavy atom. The lowest BCUT2D eigenvalue weighted by atomic mass is 10.1. The molecule has 0 N–H and O–H groups in total. The molecular formula is C16H16BrNOS2. The second-order valence-electron chi connectivity index (χ2n) is 5.13. The van der Waals surface area contributed by atoms with Crippen LogP contribution in [-0.2, 0) is 17.8 Å². The van der Waals surface area contributed by atoms with E-state index >= 15 is 0 Å². The molecule has 0 saturated heterocycles. The largest absolute Gasteiger partial charge is 0.337 e. The lowest BCUT2D eigenvalue weighted by molar-refractivity contribution is -0.129. The average molecular weight is 382 g/mol. The van der Waals surface area contributed by atoms with E-state index in [9.17, 15) is 4.79 Å². The molecule has 0 aliphatic carbocycles. The van der Waals surface area contributed by atoms with Crippen LogP contribution in [0.15, 0.2) is 39.0 Å². The number of rotatable bonds is 3. The Kier molecular flexibility index (Phi) is 4.72. The van der Waals surface area contributed by atoms with E-state index < -0.39 is 0 Å². The van der Waals surface area contributed by atoms with E-state index in [0.29, 0.717) is 5.75 Å². The van der Waals surface area contributed by atoms with Gasteiger partial charge in [-0.3, -0.25) is 4.79 Å². The van der Waals surface area contributed by atoms with Crippen LogP contribution in [0.3, 0.4) is 0 Å². The summed E-state index contributed by atoms with van der Waals surface area (Å²) in [5, 5.41) is 2.12. The number of fused-ring (bicyclic) bond motifs is 1. The summed E-state index contributed by atoms with van der Waals surface area (Å²) in [5.41, 5.74) is 2.53. The first kappa shape index (κ1) is 15.1. The summed E-state index contributed by atoms with van der Waals surface area (Å²) in [5.74, 6) is 0.751. The first-order chi connectivity index (χ1) is 10.1. The maximum Gasteiger partial charge on any atom is 0.233 e. The topological polar surface area (TPSA) is 20.3 Å². The minimum atomic E-state index is 0.235. The molecule has 0 unspecified atom stereocenters. The second-order valence-corrected chi connectivity index (χ2v) is 8.07. The summed E-state index contributed by atoms with van der Waals surface area (Å²) >= 11 is 6.90. The lowest BCUT2D eigenvalue weighted by Crippen LogP contribution is -2.36. The molecule has 1 aromatic heterocycles. The zero-order chi connectivity index (χ0) is 14.8. The Morgan fingerprint density at radius 2 is 2.29 bits per heavy atom. The number of halogens is 1. The Balaban J connectivity index is 1.60. The summed E-state index contributed by atoms with van der Waals surface area (Å²) in [7, 11) is 0. The molecule has 0 atom stereocenters. The SMILES string of the molecule is Cc1cc(Br)ccc1SCC(=O)N1CCc2sccc2C1. The van der Waals surface area contributed by atoms with Crippen LogP contribution in [-0.4, -0.2) is 23.1 Å². The van der Waals surface area contributed by atoms with Crippen LogP contribution in [0, 0.1) is 6.92 Å². The summed E-state index contributed by atoms with van der Waals surface area (Å²) in [6, 6.07) is 8.33. The minimum Gasteiger partial charge on any atom is -0.337 e. The van der Waals surface area contributed by atoms with E-state index in [0.717, 1.165) is 24.0 Å². The normalized spacial score (nSPS) is 14.1. The highest BCUT2D eigenvalue weighted by Crippen LogP contribution is 2.27. The van der Waals surface area contributed by atoms with Gasteiger partial charge in [0, 0.05) is 27.3 Å². The van der Waals surface area contributed by atoms with Gasteiger partial charge in [-0.1, -0.05) is 15.9 Å². The molecule has 2 nitrogen and oxygen atoms in total. The van der Waals surface area contributed by atoms with Crippen molar-refractivity contribution in [3.63, 3.8) is 0 Å². The van der Waals surface area contributed by atoms with Crippen molar-refractivity contribution < 1.29 is 4.79 Å². The van der Waals surface area contributed by atoms with Gasteiger partial charge in [-0.25, -0.2) is 0 Å². The maximum atomic E-state index is 12.4. The minimum absolute atomic E-state index is 0.235. The smallest absolute Gasteiger partial charge is 0.233 e. The van der Waals surface area contributed by atoms with Crippen LogP contribution in [0.25, 0.3) is 0 Å². The maximum absolute atomic E-state index is 12.4. The number of benzene rings is 1. The third-order valence-electron chi connectivity index (χ3n) is 3.65. The van der Waals surface area contributed by atoms with Crippen molar-refractivity contribution in [1.29, 1.82) is 0 Å². The first-order valence-electron chi connectivity index (χ1n) is 6.85. The van der Waals surface area contributed by atoms with Gasteiger partial charge in [0.05, 0.1) is 5.75 Å². The molecule has 0 fully saturated rings. The van der Waals surface area contributed by atoms with E-state index in [4.69, 9.17) is 0 Å². The molecular weight excluding hydrogens is 366 g/mol. The number of aryl methyl sites for hydroxylation is 1. The third kappa shape index (κ3) is 3.52. The number of hydrogen-bond donors (Lipinski definition) is 0. The summed E-state index contributed by atoms with van der Waals surface area (Å²) in [4.78, 5) is 17.0. The van der Waals surface area contributed by atoms with Gasteiger partial charge in [0.2, 0.25) is 5.91 Å². The van der Waals surface area contributed by atoms with Crippen LogP contribution in [0.1, 0.15) is 16.0 Å². The Hall–Kier alpha value is -0.780. The van der Waals surface area contributed by atoms with Gasteiger partial charge in [-0.2, -0.15) is 0 Å². The molecule has 110 valence electrons. The van der Waals surface area contributed by atoms with Gasteiger partial charge in [0.25, 0.3) is 0 Å². The summed E-state index contributed by atoms with van der Waals surface area (Å²) in [6.07, 6.45) is 1.00. The number of carbonyl (C=O) groups is 1. The van der Waals surface area contributed by atoms with Crippen molar-refractivity contribution >= 4 is 44.9 Å². The Morgan fingerprint density at radius 1 is 1.43 bits per heavy atom. The predicted octanol–water partition coefficient (Wildman–Crippen LogP) is 4.50. The van der Waals surface area contributed by atoms with Crippen molar-refractivity contribution in [2.24, 2.45) is 0 Å². The zero-order valence-corrected chi connectivity index (χ0v) is 15.0. The number of thioether (sulfide) groups is 1. The summed E-state index contributed by atoms with van der Waals surface area (Å²) in [6.45, 7) is 3.71. The molecule has 3 rings (SSSR count). The van der Waals surface area contributed by atoms with Gasteiger partial charge >= 0.3 is 0 Å². The van der Waals surface area contributed by atoms with Crippen molar-refractivity contribution in [2.75, 3.05) is 12.3 Å². The van der Waals surface area contributed by atoms with Crippen molar-refractivity contribution in [3.05, 3.63) is 50.1 Å². The van der Waals surface area contributed by atoms with E-state index in [1.54, 1.807) is 23.1 Å². The van der Waals surface area contributed by atoms with E-state index in [-0.39, 0.29) is 5.91 Å². The first-order valence-corrected chi connectivity index (χ1v) is 9.51. The van der Waals surface area contributed by atoms with Gasteiger partial charge in [0.1, 0.15) is 0 Å². The highest BCUT2D eigenvalue weighted by Gasteiger charge is 2.21.